The summed E-state index contributed by atoms with van der Waals surface area (Å²) in [5, 5.41) is 29.1. The molecule has 0 saturated heterocycles. The van der Waals surface area contributed by atoms with Gasteiger partial charge in [-0.2, -0.15) is 31.6 Å². The van der Waals surface area contributed by atoms with Gasteiger partial charge < -0.3 is 10.4 Å². The summed E-state index contributed by atoms with van der Waals surface area (Å²) in [5.41, 5.74) is -4.69. The van der Waals surface area contributed by atoms with Crippen LogP contribution in [0.1, 0.15) is 23.6 Å². The normalized spacial score (nSPS) is 13.7. The molecule has 3 rings (SSSR count). The third-order valence-corrected chi connectivity index (χ3v) is 4.71. The summed E-state index contributed by atoms with van der Waals surface area (Å²) in [6.07, 6.45) is -8.05. The number of rotatable bonds is 5. The maximum atomic E-state index is 13.1. The molecule has 7 nitrogen and oxygen atoms in total. The van der Waals surface area contributed by atoms with Crippen molar-refractivity contribution in [2.75, 3.05) is 5.32 Å². The highest BCUT2D eigenvalue weighted by molar-refractivity contribution is 5.96. The van der Waals surface area contributed by atoms with E-state index in [9.17, 15) is 36.2 Å². The highest BCUT2D eigenvalue weighted by Crippen LogP contribution is 2.34. The average molecular weight is 483 g/mol. The van der Waals surface area contributed by atoms with E-state index in [4.69, 9.17) is 5.26 Å². The van der Waals surface area contributed by atoms with Crippen LogP contribution in [0.25, 0.3) is 11.3 Å². The van der Waals surface area contributed by atoms with Gasteiger partial charge in [0.1, 0.15) is 5.69 Å². The Bertz CT molecular complexity index is 1240. The second-order valence-corrected chi connectivity index (χ2v) is 7.47. The molecule has 1 heterocycles. The quantitative estimate of drug-likeness (QED) is 0.529. The lowest BCUT2D eigenvalue weighted by atomic mass is 10.0. The van der Waals surface area contributed by atoms with Gasteiger partial charge in [-0.05, 0) is 37.3 Å². The molecule has 3 aromatic rings. The maximum Gasteiger partial charge on any atom is 0.417 e. The van der Waals surface area contributed by atoms with Gasteiger partial charge in [0.05, 0.1) is 35.5 Å². The zero-order chi connectivity index (χ0) is 25.3. The number of carbonyl (C=O) groups is 1. The molecule has 1 unspecified atom stereocenters. The molecular formula is C21H15F6N5O2. The fourth-order valence-corrected chi connectivity index (χ4v) is 2.94. The number of nitrogens with zero attached hydrogens (tertiary/aromatic N) is 4. The van der Waals surface area contributed by atoms with Crippen LogP contribution in [0, 0.1) is 11.3 Å². The van der Waals surface area contributed by atoms with Crippen molar-refractivity contribution in [3.05, 3.63) is 65.4 Å². The molecule has 13 heteroatoms. The van der Waals surface area contributed by atoms with Crippen LogP contribution < -0.4 is 5.32 Å². The van der Waals surface area contributed by atoms with Crippen molar-refractivity contribution < 1.29 is 36.2 Å². The van der Waals surface area contributed by atoms with Crippen LogP contribution >= 0.6 is 0 Å². The number of alkyl halides is 6. The van der Waals surface area contributed by atoms with Gasteiger partial charge >= 0.3 is 12.4 Å². The topological polar surface area (TPSA) is 104 Å². The predicted molar refractivity (Wildman–Crippen MR) is 106 cm³/mol. The van der Waals surface area contributed by atoms with Gasteiger partial charge in [-0.25, -0.2) is 4.68 Å². The van der Waals surface area contributed by atoms with Crippen molar-refractivity contribution in [1.82, 2.24) is 15.0 Å². The summed E-state index contributed by atoms with van der Waals surface area (Å²) < 4.78 is 78.5. The number of amides is 1. The van der Waals surface area contributed by atoms with Crippen molar-refractivity contribution in [3.8, 4) is 17.3 Å². The zero-order valence-electron chi connectivity index (χ0n) is 17.2. The van der Waals surface area contributed by atoms with Gasteiger partial charge in [-0.1, -0.05) is 17.3 Å². The van der Waals surface area contributed by atoms with Crippen molar-refractivity contribution in [2.45, 2.75) is 31.4 Å². The summed E-state index contributed by atoms with van der Waals surface area (Å²) in [7, 11) is 0. The van der Waals surface area contributed by atoms with E-state index in [1.165, 1.54) is 24.4 Å². The molecular weight excluding hydrogens is 468 g/mol. The van der Waals surface area contributed by atoms with Crippen LogP contribution in [0.4, 0.5) is 32.0 Å². The molecule has 178 valence electrons. The van der Waals surface area contributed by atoms with Gasteiger partial charge in [-0.15, -0.1) is 5.10 Å². The molecule has 1 aromatic heterocycles. The molecule has 1 atom stereocenters. The predicted octanol–water partition coefficient (Wildman–Crippen LogP) is 4.24. The number of aliphatic hydroxyl groups is 1. The first-order valence-electron chi connectivity index (χ1n) is 9.43. The Hall–Kier alpha value is -3.92. The molecule has 0 aliphatic carbocycles. The molecule has 1 amide bonds. The first kappa shape index (κ1) is 24.7. The van der Waals surface area contributed by atoms with Gasteiger partial charge in [0.2, 0.25) is 0 Å². The van der Waals surface area contributed by atoms with Crippen molar-refractivity contribution >= 4 is 11.6 Å². The standard InChI is InChI=1S/C21H15F6N5O2/c1-19(34,18(33)29-15-7-4-13(9-28)16(8-15)21(25,26)27)11-32-10-17(30-31-32)12-2-5-14(6-3-12)20(22,23)24/h2-8,10,34H,11H2,1H3,(H,29,33). The summed E-state index contributed by atoms with van der Waals surface area (Å²) >= 11 is 0. The van der Waals surface area contributed by atoms with Crippen LogP contribution in [0.15, 0.2) is 48.7 Å². The Morgan fingerprint density at radius 3 is 2.29 bits per heavy atom. The molecule has 2 N–H and O–H groups in total. The molecule has 34 heavy (non-hydrogen) atoms. The van der Waals surface area contributed by atoms with Gasteiger partial charge in [0.25, 0.3) is 5.91 Å². The fourth-order valence-electron chi connectivity index (χ4n) is 2.94. The minimum Gasteiger partial charge on any atom is -0.378 e. The highest BCUT2D eigenvalue weighted by atomic mass is 19.4. The molecule has 0 spiro atoms. The van der Waals surface area contributed by atoms with Crippen LogP contribution in [0.3, 0.4) is 0 Å². The SMILES string of the molecule is CC(O)(Cn1cc(-c2ccc(C(F)(F)F)cc2)nn1)C(=O)Nc1ccc(C#N)c(C(F)(F)F)c1. The second kappa shape index (κ2) is 8.79. The lowest BCUT2D eigenvalue weighted by Gasteiger charge is -2.22. The number of benzene rings is 2. The monoisotopic (exact) mass is 483 g/mol. The van der Waals surface area contributed by atoms with E-state index in [-0.39, 0.29) is 11.4 Å². The average Bonchev–Trinajstić information content (AvgIpc) is 3.20. The number of hydrogen-bond acceptors (Lipinski definition) is 5. The van der Waals surface area contributed by atoms with E-state index in [0.717, 1.165) is 35.9 Å². The number of halogens is 6. The first-order chi connectivity index (χ1) is 15.7. The second-order valence-electron chi connectivity index (χ2n) is 7.47. The van der Waals surface area contributed by atoms with Gasteiger partial charge in [0.15, 0.2) is 5.60 Å². The van der Waals surface area contributed by atoms with Crippen LogP contribution in [0.5, 0.6) is 0 Å². The number of aromatic nitrogens is 3. The molecule has 0 bridgehead atoms. The molecule has 0 saturated carbocycles. The Balaban J connectivity index is 1.74. The van der Waals surface area contributed by atoms with E-state index in [2.05, 4.69) is 15.6 Å². The summed E-state index contributed by atoms with van der Waals surface area (Å²) in [6.45, 7) is 0.630. The van der Waals surface area contributed by atoms with Crippen molar-refractivity contribution in [1.29, 1.82) is 5.26 Å². The number of carbonyl (C=O) groups excluding carboxylic acids is 1. The number of nitriles is 1. The minimum absolute atomic E-state index is 0.173. The third kappa shape index (κ3) is 5.52. The Morgan fingerprint density at radius 1 is 1.09 bits per heavy atom. The van der Waals surface area contributed by atoms with Crippen LogP contribution in [-0.2, 0) is 23.7 Å². The maximum absolute atomic E-state index is 13.1. The van der Waals surface area contributed by atoms with Crippen LogP contribution in [0.2, 0.25) is 0 Å². The lowest BCUT2D eigenvalue weighted by Crippen LogP contribution is -2.43. The summed E-state index contributed by atoms with van der Waals surface area (Å²) in [5.74, 6) is -1.06. The zero-order valence-corrected chi connectivity index (χ0v) is 17.2. The van der Waals surface area contributed by atoms with Crippen molar-refractivity contribution in [3.63, 3.8) is 0 Å². The van der Waals surface area contributed by atoms with Crippen molar-refractivity contribution in [2.24, 2.45) is 0 Å². The highest BCUT2D eigenvalue weighted by Gasteiger charge is 2.35. The third-order valence-electron chi connectivity index (χ3n) is 4.71. The molecule has 2 aromatic carbocycles. The smallest absolute Gasteiger partial charge is 0.378 e. The molecule has 0 aliphatic heterocycles. The first-order valence-corrected chi connectivity index (χ1v) is 9.43. The summed E-state index contributed by atoms with van der Waals surface area (Å²) in [6, 6.07) is 8.07. The van der Waals surface area contributed by atoms with Gasteiger partial charge in [-0.3, -0.25) is 4.79 Å². The number of nitrogens with one attached hydrogen (secondary N) is 1. The minimum atomic E-state index is -4.83. The largest absolute Gasteiger partial charge is 0.417 e. The number of hydrogen-bond donors (Lipinski definition) is 2. The van der Waals surface area contributed by atoms with E-state index in [1.807, 2.05) is 0 Å². The lowest BCUT2D eigenvalue weighted by molar-refractivity contribution is -0.138. The molecule has 0 fully saturated rings. The van der Waals surface area contributed by atoms with E-state index >= 15 is 0 Å². The Labute approximate surface area is 188 Å². The van der Waals surface area contributed by atoms with E-state index in [1.54, 1.807) is 0 Å². The van der Waals surface area contributed by atoms with Gasteiger partial charge in [0, 0.05) is 11.3 Å². The fraction of sp³-hybridized carbons (Fsp3) is 0.238. The molecule has 0 aliphatic rings. The van der Waals surface area contributed by atoms with E-state index in [0.29, 0.717) is 11.6 Å². The Kier molecular flexibility index (Phi) is 6.39. The molecule has 0 radical (unpaired) electrons. The van der Waals surface area contributed by atoms with Crippen LogP contribution in [-0.4, -0.2) is 31.6 Å². The number of anilines is 1. The summed E-state index contributed by atoms with van der Waals surface area (Å²) in [4.78, 5) is 12.5. The van der Waals surface area contributed by atoms with E-state index < -0.39 is 47.1 Å². The Morgan fingerprint density at radius 2 is 1.74 bits per heavy atom.